The van der Waals surface area contributed by atoms with Crippen LogP contribution < -0.4 is 5.32 Å². The van der Waals surface area contributed by atoms with Crippen LogP contribution in [0.25, 0.3) is 11.3 Å². The van der Waals surface area contributed by atoms with Crippen LogP contribution in [-0.2, 0) is 9.53 Å². The van der Waals surface area contributed by atoms with Gasteiger partial charge < -0.3 is 10.1 Å². The third-order valence-electron chi connectivity index (χ3n) is 3.47. The number of hydrogen-bond acceptors (Lipinski definition) is 5. The molecular formula is C17H23N3O2S. The van der Waals surface area contributed by atoms with Gasteiger partial charge in [-0.1, -0.05) is 24.3 Å². The molecule has 0 atom stereocenters. The van der Waals surface area contributed by atoms with E-state index in [1.807, 2.05) is 35.5 Å². The summed E-state index contributed by atoms with van der Waals surface area (Å²) in [5.41, 5.74) is 3.17. The van der Waals surface area contributed by atoms with Crippen molar-refractivity contribution in [2.24, 2.45) is 0 Å². The lowest BCUT2D eigenvalue weighted by Gasteiger charge is -2.15. The Bertz CT molecular complexity index is 642. The van der Waals surface area contributed by atoms with Gasteiger partial charge in [-0.3, -0.25) is 9.69 Å². The van der Waals surface area contributed by atoms with Gasteiger partial charge in [-0.2, -0.15) is 0 Å². The monoisotopic (exact) mass is 333 g/mol. The predicted octanol–water partition coefficient (Wildman–Crippen LogP) is 3.03. The maximum atomic E-state index is 12.1. The molecule has 2 rings (SSSR count). The lowest BCUT2D eigenvalue weighted by atomic mass is 10.1. The average Bonchev–Trinajstić information content (AvgIpc) is 2.96. The second-order valence-corrected chi connectivity index (χ2v) is 6.34. The minimum Gasteiger partial charge on any atom is -0.385 e. The molecule has 0 radical (unpaired) electrons. The van der Waals surface area contributed by atoms with Gasteiger partial charge in [0.05, 0.1) is 12.2 Å². The molecule has 0 bridgehead atoms. The lowest BCUT2D eigenvalue weighted by molar-refractivity contribution is -0.117. The van der Waals surface area contributed by atoms with Gasteiger partial charge in [-0.25, -0.2) is 4.98 Å². The molecule has 1 aromatic heterocycles. The van der Waals surface area contributed by atoms with Gasteiger partial charge in [0, 0.05) is 31.2 Å². The van der Waals surface area contributed by atoms with Gasteiger partial charge >= 0.3 is 0 Å². The second-order valence-electron chi connectivity index (χ2n) is 5.49. The summed E-state index contributed by atoms with van der Waals surface area (Å²) in [5, 5.41) is 5.48. The molecule has 1 aromatic carbocycles. The minimum atomic E-state index is -0.0457. The van der Waals surface area contributed by atoms with Crippen molar-refractivity contribution in [2.45, 2.75) is 13.3 Å². The summed E-state index contributed by atoms with van der Waals surface area (Å²) < 4.78 is 5.01. The van der Waals surface area contributed by atoms with Crippen LogP contribution >= 0.6 is 11.3 Å². The zero-order valence-corrected chi connectivity index (χ0v) is 14.7. The van der Waals surface area contributed by atoms with Crippen molar-refractivity contribution in [1.82, 2.24) is 9.88 Å². The number of nitrogens with one attached hydrogen (secondary N) is 1. The molecule has 0 aliphatic rings. The number of benzene rings is 1. The summed E-state index contributed by atoms with van der Waals surface area (Å²) in [7, 11) is 3.61. The van der Waals surface area contributed by atoms with Gasteiger partial charge in [-0.15, -0.1) is 11.3 Å². The molecule has 1 amide bonds. The summed E-state index contributed by atoms with van der Waals surface area (Å²) in [4.78, 5) is 18.5. The first-order chi connectivity index (χ1) is 11.1. The van der Waals surface area contributed by atoms with Gasteiger partial charge in [0.25, 0.3) is 0 Å². The molecule has 1 N–H and O–H groups in total. The van der Waals surface area contributed by atoms with Crippen LogP contribution in [0.15, 0.2) is 29.6 Å². The number of nitrogens with zero attached hydrogens (tertiary/aromatic N) is 2. The van der Waals surface area contributed by atoms with Gasteiger partial charge in [0.1, 0.15) is 0 Å². The first kappa shape index (κ1) is 17.6. The number of thiazole rings is 1. The Morgan fingerprint density at radius 1 is 1.39 bits per heavy atom. The highest BCUT2D eigenvalue weighted by Crippen LogP contribution is 2.27. The van der Waals surface area contributed by atoms with E-state index >= 15 is 0 Å². The fraction of sp³-hybridized carbons (Fsp3) is 0.412. The molecular weight excluding hydrogens is 310 g/mol. The first-order valence-electron chi connectivity index (χ1n) is 7.59. The molecule has 5 nitrogen and oxygen atoms in total. The predicted molar refractivity (Wildman–Crippen MR) is 94.9 cm³/mol. The van der Waals surface area contributed by atoms with Crippen LogP contribution in [0.2, 0.25) is 0 Å². The molecule has 124 valence electrons. The van der Waals surface area contributed by atoms with E-state index in [9.17, 15) is 4.79 Å². The van der Waals surface area contributed by atoms with Crippen LogP contribution in [0.4, 0.5) is 5.13 Å². The van der Waals surface area contributed by atoms with Crippen molar-refractivity contribution >= 4 is 22.4 Å². The summed E-state index contributed by atoms with van der Waals surface area (Å²) in [6.07, 6.45) is 0.912. The Balaban J connectivity index is 1.89. The van der Waals surface area contributed by atoms with Crippen molar-refractivity contribution < 1.29 is 9.53 Å². The molecule has 0 fully saturated rings. The van der Waals surface area contributed by atoms with Crippen LogP contribution in [0.3, 0.4) is 0 Å². The van der Waals surface area contributed by atoms with Crippen LogP contribution in [0, 0.1) is 6.92 Å². The van der Waals surface area contributed by atoms with Crippen molar-refractivity contribution in [3.63, 3.8) is 0 Å². The fourth-order valence-corrected chi connectivity index (χ4v) is 3.00. The van der Waals surface area contributed by atoms with Crippen LogP contribution in [0.5, 0.6) is 0 Å². The van der Waals surface area contributed by atoms with E-state index < -0.39 is 0 Å². The molecule has 0 aliphatic heterocycles. The zero-order chi connectivity index (χ0) is 16.7. The SMILES string of the molecule is COCCCN(C)CC(=O)Nc1nc(-c2ccccc2C)cs1. The second kappa shape index (κ2) is 8.76. The topological polar surface area (TPSA) is 54.5 Å². The number of aromatic nitrogens is 1. The molecule has 6 heteroatoms. The van der Waals surface area contributed by atoms with E-state index in [-0.39, 0.29) is 5.91 Å². The summed E-state index contributed by atoms with van der Waals surface area (Å²) in [6.45, 7) is 3.94. The van der Waals surface area contributed by atoms with E-state index in [1.54, 1.807) is 7.11 Å². The molecule has 23 heavy (non-hydrogen) atoms. The molecule has 1 heterocycles. The Morgan fingerprint density at radius 2 is 2.17 bits per heavy atom. The maximum absolute atomic E-state index is 12.1. The van der Waals surface area contributed by atoms with Crippen LogP contribution in [-0.4, -0.2) is 49.6 Å². The summed E-state index contributed by atoms with van der Waals surface area (Å²) in [6, 6.07) is 8.10. The highest BCUT2D eigenvalue weighted by Gasteiger charge is 2.11. The number of methoxy groups -OCH3 is 1. The van der Waals surface area contributed by atoms with Crippen molar-refractivity contribution in [3.8, 4) is 11.3 Å². The average molecular weight is 333 g/mol. The number of likely N-dealkylation sites (N-methyl/N-ethyl adjacent to an activating group) is 1. The Labute approximate surface area is 141 Å². The van der Waals surface area contributed by atoms with E-state index in [0.29, 0.717) is 18.3 Å². The highest BCUT2D eigenvalue weighted by atomic mass is 32.1. The highest BCUT2D eigenvalue weighted by molar-refractivity contribution is 7.14. The third kappa shape index (κ3) is 5.42. The summed E-state index contributed by atoms with van der Waals surface area (Å²) in [5.74, 6) is -0.0457. The smallest absolute Gasteiger partial charge is 0.240 e. The lowest BCUT2D eigenvalue weighted by Crippen LogP contribution is -2.31. The Kier molecular flexibility index (Phi) is 6.70. The van der Waals surface area contributed by atoms with Crippen LogP contribution in [0.1, 0.15) is 12.0 Å². The van der Waals surface area contributed by atoms with Crippen molar-refractivity contribution in [1.29, 1.82) is 0 Å². The van der Waals surface area contributed by atoms with Crippen molar-refractivity contribution in [3.05, 3.63) is 35.2 Å². The number of carbonyl (C=O) groups is 1. The molecule has 0 aliphatic carbocycles. The normalized spacial score (nSPS) is 11.0. The number of ether oxygens (including phenoxy) is 1. The molecule has 0 saturated heterocycles. The quantitative estimate of drug-likeness (QED) is 0.755. The molecule has 2 aromatic rings. The molecule has 0 saturated carbocycles. The van der Waals surface area contributed by atoms with Crippen molar-refractivity contribution in [2.75, 3.05) is 39.2 Å². The zero-order valence-electron chi connectivity index (χ0n) is 13.8. The van der Waals surface area contributed by atoms with E-state index in [0.717, 1.165) is 24.2 Å². The maximum Gasteiger partial charge on any atom is 0.240 e. The standard InChI is InChI=1S/C17H23N3O2S/c1-13-7-4-5-8-14(13)15-12-23-17(18-15)19-16(21)11-20(2)9-6-10-22-3/h4-5,7-8,12H,6,9-11H2,1-3H3,(H,18,19,21). The Hall–Kier alpha value is -1.76. The summed E-state index contributed by atoms with van der Waals surface area (Å²) >= 11 is 1.45. The van der Waals surface area contributed by atoms with E-state index in [1.165, 1.54) is 16.9 Å². The van der Waals surface area contributed by atoms with E-state index in [2.05, 4.69) is 23.3 Å². The van der Waals surface area contributed by atoms with Gasteiger partial charge in [0.2, 0.25) is 5.91 Å². The fourth-order valence-electron chi connectivity index (χ4n) is 2.28. The number of aryl methyl sites for hydroxylation is 1. The molecule has 0 spiro atoms. The number of anilines is 1. The minimum absolute atomic E-state index is 0.0457. The number of carbonyl (C=O) groups excluding carboxylic acids is 1. The van der Waals surface area contributed by atoms with Gasteiger partial charge in [-0.05, 0) is 26.0 Å². The number of amides is 1. The first-order valence-corrected chi connectivity index (χ1v) is 8.47. The van der Waals surface area contributed by atoms with Gasteiger partial charge in [0.15, 0.2) is 5.13 Å². The third-order valence-corrected chi connectivity index (χ3v) is 4.23. The molecule has 0 unspecified atom stereocenters. The number of rotatable bonds is 8. The number of hydrogen-bond donors (Lipinski definition) is 1. The Morgan fingerprint density at radius 3 is 2.91 bits per heavy atom. The van der Waals surface area contributed by atoms with E-state index in [4.69, 9.17) is 4.74 Å². The largest absolute Gasteiger partial charge is 0.385 e.